The molecule has 3 N–H and O–H groups in total. The molecule has 1 spiro atoms. The Labute approximate surface area is 246 Å². The van der Waals surface area contributed by atoms with Crippen molar-refractivity contribution in [1.29, 1.82) is 0 Å². The number of ether oxygens (including phenoxy) is 2. The van der Waals surface area contributed by atoms with Gasteiger partial charge in [-0.15, -0.1) is 21.0 Å². The molecule has 4 aromatic rings. The molecule has 1 unspecified atom stereocenters. The third-order valence-electron chi connectivity index (χ3n) is 8.02. The number of alkyl halides is 3. The number of rotatable bonds is 6. The van der Waals surface area contributed by atoms with E-state index in [1.54, 1.807) is 41.6 Å². The Balaban J connectivity index is 1.40. The van der Waals surface area contributed by atoms with Gasteiger partial charge in [0, 0.05) is 18.7 Å². The number of para-hydroxylation sites is 1. The highest BCUT2D eigenvalue weighted by molar-refractivity contribution is 8.22. The summed E-state index contributed by atoms with van der Waals surface area (Å²) in [6, 6.07) is 13.7. The van der Waals surface area contributed by atoms with Gasteiger partial charge in [0.05, 0.1) is 26.2 Å². The molecule has 0 radical (unpaired) electrons. The van der Waals surface area contributed by atoms with Crippen molar-refractivity contribution >= 4 is 22.4 Å². The summed E-state index contributed by atoms with van der Waals surface area (Å²) in [5.74, 6) is -2.60. The lowest BCUT2D eigenvalue weighted by atomic mass is 9.85. The van der Waals surface area contributed by atoms with Crippen LogP contribution < -0.4 is 4.74 Å². The van der Waals surface area contributed by atoms with E-state index in [4.69, 9.17) is 9.47 Å². The molecule has 2 aromatic heterocycles. The first-order valence-electron chi connectivity index (χ1n) is 13.4. The highest BCUT2D eigenvalue weighted by Gasteiger charge is 2.49. The zero-order valence-corrected chi connectivity index (χ0v) is 24.0. The molecule has 0 amide bonds. The normalized spacial score (nSPS) is 19.2. The predicted octanol–water partition coefficient (Wildman–Crippen LogP) is 5.66. The minimum absolute atomic E-state index is 0.0160. The molecule has 6 rings (SSSR count). The summed E-state index contributed by atoms with van der Waals surface area (Å²) in [7, 11) is -3.48. The van der Waals surface area contributed by atoms with Gasteiger partial charge in [-0.25, -0.2) is 0 Å². The number of aliphatic carboxylic acids is 1. The van der Waals surface area contributed by atoms with E-state index in [1.165, 1.54) is 12.3 Å². The van der Waals surface area contributed by atoms with Crippen molar-refractivity contribution in [3.63, 3.8) is 0 Å². The Bertz CT molecular complexity index is 1720. The molecule has 10 nitrogen and oxygen atoms in total. The molecule has 43 heavy (non-hydrogen) atoms. The van der Waals surface area contributed by atoms with Crippen LogP contribution in [0.25, 0.3) is 5.65 Å². The SMILES string of the molecule is Cc1ccc(C(CC(=O)O)c2ccn3c(C(F)(F)F)nnc3c2C)cc1CN1CC2(COC2)Oc2ccccc2S1(O)O. The first-order valence-corrected chi connectivity index (χ1v) is 14.9. The fourth-order valence-electron chi connectivity index (χ4n) is 5.72. The summed E-state index contributed by atoms with van der Waals surface area (Å²) in [4.78, 5) is 12.3. The van der Waals surface area contributed by atoms with Crippen LogP contribution in [0.5, 0.6) is 5.75 Å². The first-order chi connectivity index (χ1) is 20.3. The lowest BCUT2D eigenvalue weighted by Gasteiger charge is -2.46. The minimum atomic E-state index is -4.71. The summed E-state index contributed by atoms with van der Waals surface area (Å²) < 4.78 is 77.4. The summed E-state index contributed by atoms with van der Waals surface area (Å²) in [6.45, 7) is 4.32. The molecule has 2 aliphatic heterocycles. The Morgan fingerprint density at radius 2 is 1.86 bits per heavy atom. The average molecular weight is 619 g/mol. The highest BCUT2D eigenvalue weighted by atomic mass is 32.3. The number of fused-ring (bicyclic) bond motifs is 2. The predicted molar refractivity (Wildman–Crippen MR) is 150 cm³/mol. The van der Waals surface area contributed by atoms with E-state index in [-0.39, 0.29) is 43.3 Å². The van der Waals surface area contributed by atoms with Gasteiger partial charge in [-0.05, 0) is 59.9 Å². The monoisotopic (exact) mass is 618 g/mol. The van der Waals surface area contributed by atoms with E-state index in [0.29, 0.717) is 22.4 Å². The van der Waals surface area contributed by atoms with Crippen molar-refractivity contribution < 1.29 is 41.7 Å². The van der Waals surface area contributed by atoms with Gasteiger partial charge in [0.1, 0.15) is 10.6 Å². The molecule has 1 saturated heterocycles. The van der Waals surface area contributed by atoms with E-state index in [9.17, 15) is 32.2 Å². The van der Waals surface area contributed by atoms with Crippen molar-refractivity contribution in [3.8, 4) is 5.75 Å². The van der Waals surface area contributed by atoms with Crippen LogP contribution in [0.1, 0.15) is 46.0 Å². The second-order valence-electron chi connectivity index (χ2n) is 11.0. The second kappa shape index (κ2) is 10.5. The molecular formula is C29H29F3N4O6S. The van der Waals surface area contributed by atoms with Crippen molar-refractivity contribution in [3.05, 3.63) is 88.4 Å². The fourth-order valence-corrected chi connectivity index (χ4v) is 7.37. The van der Waals surface area contributed by atoms with Crippen molar-refractivity contribution in [2.24, 2.45) is 0 Å². The van der Waals surface area contributed by atoms with Crippen LogP contribution in [0.4, 0.5) is 13.2 Å². The lowest BCUT2D eigenvalue weighted by Crippen LogP contribution is -2.60. The smallest absolute Gasteiger partial charge is 0.452 e. The maximum atomic E-state index is 13.4. The Morgan fingerprint density at radius 3 is 2.53 bits per heavy atom. The van der Waals surface area contributed by atoms with Crippen LogP contribution in [-0.4, -0.2) is 64.4 Å². The Kier molecular flexibility index (Phi) is 7.17. The number of aromatic nitrogens is 3. The van der Waals surface area contributed by atoms with Crippen LogP contribution in [0.3, 0.4) is 0 Å². The molecule has 14 heteroatoms. The number of hydrogen-bond donors (Lipinski definition) is 3. The van der Waals surface area contributed by atoms with Crippen molar-refractivity contribution in [2.45, 2.75) is 49.4 Å². The van der Waals surface area contributed by atoms with E-state index in [1.807, 2.05) is 19.1 Å². The topological polar surface area (TPSA) is 130 Å². The van der Waals surface area contributed by atoms with Crippen LogP contribution >= 0.6 is 10.8 Å². The first kappa shape index (κ1) is 29.4. The van der Waals surface area contributed by atoms with Gasteiger partial charge in [0.25, 0.3) is 0 Å². The molecular weight excluding hydrogens is 589 g/mol. The maximum Gasteiger partial charge on any atom is 0.452 e. The molecule has 228 valence electrons. The molecule has 0 bridgehead atoms. The number of hydrogen-bond acceptors (Lipinski definition) is 8. The summed E-state index contributed by atoms with van der Waals surface area (Å²) in [6.07, 6.45) is -3.84. The number of benzene rings is 2. The third-order valence-corrected chi connectivity index (χ3v) is 9.93. The molecule has 2 aliphatic rings. The van der Waals surface area contributed by atoms with Gasteiger partial charge < -0.3 is 14.6 Å². The largest absolute Gasteiger partial charge is 0.481 e. The van der Waals surface area contributed by atoms with E-state index >= 15 is 0 Å². The number of pyridine rings is 1. The average Bonchev–Trinajstić information content (AvgIpc) is 3.34. The second-order valence-corrected chi connectivity index (χ2v) is 13.0. The Morgan fingerprint density at radius 1 is 1.12 bits per heavy atom. The van der Waals surface area contributed by atoms with Crippen LogP contribution in [0.2, 0.25) is 0 Å². The van der Waals surface area contributed by atoms with Gasteiger partial charge in [0.15, 0.2) is 11.2 Å². The molecule has 4 heterocycles. The summed E-state index contributed by atoms with van der Waals surface area (Å²) in [5, 5.41) is 16.9. The van der Waals surface area contributed by atoms with E-state index < -0.39 is 40.3 Å². The van der Waals surface area contributed by atoms with Crippen LogP contribution in [0, 0.1) is 13.8 Å². The number of carboxylic acids is 1. The van der Waals surface area contributed by atoms with E-state index in [0.717, 1.165) is 15.5 Å². The zero-order chi connectivity index (χ0) is 30.7. The fraction of sp³-hybridized carbons (Fsp3) is 0.345. The van der Waals surface area contributed by atoms with Crippen molar-refractivity contribution in [1.82, 2.24) is 18.9 Å². The number of halogens is 3. The number of aryl methyl sites for hydroxylation is 2. The molecule has 1 atom stereocenters. The summed E-state index contributed by atoms with van der Waals surface area (Å²) in [5.41, 5.74) is 2.27. The molecule has 0 saturated carbocycles. The van der Waals surface area contributed by atoms with Gasteiger partial charge in [-0.1, -0.05) is 30.3 Å². The lowest BCUT2D eigenvalue weighted by molar-refractivity contribution is -0.165. The number of carboxylic acid groups (broad SMARTS) is 1. The summed E-state index contributed by atoms with van der Waals surface area (Å²) >= 11 is 0. The standard InChI is InChI=1S/C29H29F3N4O6S/c1-17-7-8-19(22(12-25(37)38)21-9-10-36-26(18(21)2)33-34-27(36)29(30,31)32)11-20(17)13-35-14-28(15-41-16-28)42-23-5-3-4-6-24(23)43(35,39)40/h3-11,22,39-40H,12-16H2,1-2H3,(H,37,38). The minimum Gasteiger partial charge on any atom is -0.481 e. The maximum absolute atomic E-state index is 13.4. The third kappa shape index (κ3) is 5.23. The van der Waals surface area contributed by atoms with Gasteiger partial charge in [-0.2, -0.15) is 17.5 Å². The molecule has 0 aliphatic carbocycles. The van der Waals surface area contributed by atoms with Gasteiger partial charge >= 0.3 is 12.1 Å². The Hall–Kier alpha value is -3.69. The van der Waals surface area contributed by atoms with Gasteiger partial charge in [0.2, 0.25) is 5.82 Å². The van der Waals surface area contributed by atoms with Crippen LogP contribution in [-0.2, 0) is 22.3 Å². The molecule has 1 fully saturated rings. The number of carbonyl (C=O) groups is 1. The van der Waals surface area contributed by atoms with Crippen molar-refractivity contribution in [2.75, 3.05) is 19.8 Å². The zero-order valence-electron chi connectivity index (χ0n) is 23.2. The quantitative estimate of drug-likeness (QED) is 0.251. The van der Waals surface area contributed by atoms with Gasteiger partial charge in [-0.3, -0.25) is 18.3 Å². The highest BCUT2D eigenvalue weighted by Crippen LogP contribution is 2.59. The van der Waals surface area contributed by atoms with Crippen LogP contribution in [0.15, 0.2) is 59.6 Å². The number of nitrogens with zero attached hydrogens (tertiary/aromatic N) is 4. The molecule has 2 aromatic carbocycles. The van der Waals surface area contributed by atoms with E-state index in [2.05, 4.69) is 10.2 Å².